The quantitative estimate of drug-likeness (QED) is 0.396. The first-order valence-electron chi connectivity index (χ1n) is 11.2. The molecule has 35 heavy (non-hydrogen) atoms. The number of para-hydroxylation sites is 1. The molecule has 0 saturated carbocycles. The molecule has 178 valence electrons. The third-order valence-corrected chi connectivity index (χ3v) is 5.67. The zero-order chi connectivity index (χ0) is 24.4. The largest absolute Gasteiger partial charge is 0.493 e. The fourth-order valence-electron chi connectivity index (χ4n) is 4.11. The molecule has 1 aliphatic heterocycles. The van der Waals surface area contributed by atoms with Crippen molar-refractivity contribution >= 4 is 17.5 Å². The van der Waals surface area contributed by atoms with Crippen LogP contribution in [-0.4, -0.2) is 34.4 Å². The molecule has 2 N–H and O–H groups in total. The summed E-state index contributed by atoms with van der Waals surface area (Å²) in [5.74, 6) is 2.39. The number of benzene rings is 2. The number of hydrogen-bond acceptors (Lipinski definition) is 7. The van der Waals surface area contributed by atoms with Crippen LogP contribution in [0.3, 0.4) is 0 Å². The number of rotatable bonds is 7. The Hall–Kier alpha value is -4.53. The van der Waals surface area contributed by atoms with Crippen LogP contribution in [0.25, 0.3) is 11.6 Å². The Morgan fingerprint density at radius 3 is 2.69 bits per heavy atom. The van der Waals surface area contributed by atoms with Gasteiger partial charge in [0.05, 0.1) is 25.6 Å². The second-order valence-electron chi connectivity index (χ2n) is 7.91. The van der Waals surface area contributed by atoms with Crippen molar-refractivity contribution in [2.24, 2.45) is 0 Å². The first kappa shape index (κ1) is 22.3. The van der Waals surface area contributed by atoms with Crippen molar-refractivity contribution in [2.75, 3.05) is 24.4 Å². The number of furan rings is 1. The molecule has 2 aromatic carbocycles. The molecule has 1 amide bonds. The summed E-state index contributed by atoms with van der Waals surface area (Å²) < 4.78 is 18.5. The van der Waals surface area contributed by atoms with Gasteiger partial charge in [-0.3, -0.25) is 4.79 Å². The molecule has 1 atom stereocenters. The predicted octanol–water partition coefficient (Wildman–Crippen LogP) is 4.87. The summed E-state index contributed by atoms with van der Waals surface area (Å²) >= 11 is 0. The number of fused-ring (bicyclic) bond motifs is 1. The molecule has 1 aliphatic rings. The molecular formula is C26H25N5O4. The van der Waals surface area contributed by atoms with Gasteiger partial charge in [0.15, 0.2) is 17.3 Å². The van der Waals surface area contributed by atoms with Gasteiger partial charge in [0, 0.05) is 11.4 Å². The Morgan fingerprint density at radius 1 is 1.14 bits per heavy atom. The van der Waals surface area contributed by atoms with E-state index in [1.54, 1.807) is 30.2 Å². The highest BCUT2D eigenvalue weighted by atomic mass is 16.5. The lowest BCUT2D eigenvalue weighted by molar-refractivity contribution is -0.113. The zero-order valence-corrected chi connectivity index (χ0v) is 19.6. The topological polar surface area (TPSA) is 103 Å². The summed E-state index contributed by atoms with van der Waals surface area (Å²) in [7, 11) is 1.59. The standard InChI is InChI=1S/C26H25N5O4/c1-4-34-19-13-12-17(15-21(19)33-3)23-22(25(32)28-18-9-6-5-7-10-18)16(2)27-26-29-24(30-31(23)26)20-11-8-14-35-20/h5-15,23H,4H2,1-3H3,(H,28,32)(H,27,29,30). The average Bonchev–Trinajstić information content (AvgIpc) is 3.54. The van der Waals surface area contributed by atoms with Gasteiger partial charge < -0.3 is 24.5 Å². The number of aromatic nitrogens is 3. The molecule has 0 bridgehead atoms. The van der Waals surface area contributed by atoms with Crippen LogP contribution in [0, 0.1) is 0 Å². The van der Waals surface area contributed by atoms with Gasteiger partial charge in [-0.05, 0) is 55.8 Å². The van der Waals surface area contributed by atoms with Gasteiger partial charge in [0.2, 0.25) is 11.8 Å². The summed E-state index contributed by atoms with van der Waals surface area (Å²) in [6.07, 6.45) is 1.57. The number of nitrogens with zero attached hydrogens (tertiary/aromatic N) is 3. The Labute approximate surface area is 202 Å². The van der Waals surface area contributed by atoms with Crippen molar-refractivity contribution in [1.82, 2.24) is 14.8 Å². The lowest BCUT2D eigenvalue weighted by Gasteiger charge is -2.29. The maximum atomic E-state index is 13.6. The van der Waals surface area contributed by atoms with Crippen molar-refractivity contribution in [1.29, 1.82) is 0 Å². The Balaban J connectivity index is 1.62. The highest BCUT2D eigenvalue weighted by Gasteiger charge is 2.35. The molecule has 9 heteroatoms. The van der Waals surface area contributed by atoms with Gasteiger partial charge in [-0.25, -0.2) is 4.68 Å². The monoisotopic (exact) mass is 471 g/mol. The SMILES string of the molecule is CCOc1ccc(C2C(C(=O)Nc3ccccc3)=C(C)Nc3nc(-c4ccco4)nn32)cc1OC. The summed E-state index contributed by atoms with van der Waals surface area (Å²) in [4.78, 5) is 18.2. The molecule has 3 heterocycles. The number of carbonyl (C=O) groups excluding carboxylic acids is 1. The highest BCUT2D eigenvalue weighted by Crippen LogP contribution is 2.40. The molecule has 0 aliphatic carbocycles. The normalized spacial score (nSPS) is 14.8. The minimum absolute atomic E-state index is 0.250. The number of ether oxygens (including phenoxy) is 2. The average molecular weight is 472 g/mol. The summed E-state index contributed by atoms with van der Waals surface area (Å²) in [6, 6.07) is 17.9. The van der Waals surface area contributed by atoms with Gasteiger partial charge in [0.1, 0.15) is 6.04 Å². The number of allylic oxidation sites excluding steroid dienone is 1. The molecular weight excluding hydrogens is 446 g/mol. The highest BCUT2D eigenvalue weighted by molar-refractivity contribution is 6.06. The zero-order valence-electron chi connectivity index (χ0n) is 19.6. The summed E-state index contributed by atoms with van der Waals surface area (Å²) in [5.41, 5.74) is 2.66. The van der Waals surface area contributed by atoms with Crippen LogP contribution in [0.15, 0.2) is 82.6 Å². The molecule has 1 unspecified atom stereocenters. The Kier molecular flexibility index (Phi) is 5.97. The number of anilines is 2. The maximum absolute atomic E-state index is 13.6. The van der Waals surface area contributed by atoms with E-state index < -0.39 is 6.04 Å². The second-order valence-corrected chi connectivity index (χ2v) is 7.91. The first-order chi connectivity index (χ1) is 17.1. The van der Waals surface area contributed by atoms with Crippen molar-refractivity contribution in [3.63, 3.8) is 0 Å². The van der Waals surface area contributed by atoms with E-state index in [4.69, 9.17) is 19.0 Å². The van der Waals surface area contributed by atoms with Crippen molar-refractivity contribution in [3.8, 4) is 23.1 Å². The van der Waals surface area contributed by atoms with Crippen LogP contribution < -0.4 is 20.1 Å². The smallest absolute Gasteiger partial charge is 0.255 e. The van der Waals surface area contributed by atoms with Crippen molar-refractivity contribution < 1.29 is 18.7 Å². The van der Waals surface area contributed by atoms with E-state index in [2.05, 4.69) is 15.6 Å². The molecule has 9 nitrogen and oxygen atoms in total. The second kappa shape index (κ2) is 9.38. The molecule has 0 saturated heterocycles. The van der Waals surface area contributed by atoms with Crippen molar-refractivity contribution in [3.05, 3.63) is 83.8 Å². The lowest BCUT2D eigenvalue weighted by atomic mass is 9.94. The summed E-state index contributed by atoms with van der Waals surface area (Å²) in [5, 5.41) is 10.9. The van der Waals surface area contributed by atoms with Crippen LogP contribution in [0.4, 0.5) is 11.6 Å². The van der Waals surface area contributed by atoms with Gasteiger partial charge in [-0.1, -0.05) is 24.3 Å². The van der Waals surface area contributed by atoms with E-state index in [-0.39, 0.29) is 5.91 Å². The minimum atomic E-state index is -0.573. The van der Waals surface area contributed by atoms with E-state index in [1.165, 1.54) is 0 Å². The first-order valence-corrected chi connectivity index (χ1v) is 11.2. The van der Waals surface area contributed by atoms with Gasteiger partial charge in [-0.2, -0.15) is 4.98 Å². The van der Waals surface area contributed by atoms with Crippen LogP contribution in [0.1, 0.15) is 25.5 Å². The number of methoxy groups -OCH3 is 1. The fourth-order valence-corrected chi connectivity index (χ4v) is 4.11. The molecule has 2 aromatic heterocycles. The Bertz CT molecular complexity index is 1380. The van der Waals surface area contributed by atoms with E-state index in [9.17, 15) is 4.79 Å². The molecule has 0 fully saturated rings. The molecule has 0 radical (unpaired) electrons. The Morgan fingerprint density at radius 2 is 1.97 bits per heavy atom. The molecule has 5 rings (SSSR count). The third kappa shape index (κ3) is 4.23. The van der Waals surface area contributed by atoms with E-state index in [0.717, 1.165) is 5.56 Å². The van der Waals surface area contributed by atoms with Crippen LogP contribution >= 0.6 is 0 Å². The lowest BCUT2D eigenvalue weighted by Crippen LogP contribution is -2.31. The number of nitrogens with one attached hydrogen (secondary N) is 2. The number of carbonyl (C=O) groups is 1. The molecule has 4 aromatic rings. The number of hydrogen-bond donors (Lipinski definition) is 2. The van der Waals surface area contributed by atoms with Crippen LogP contribution in [0.2, 0.25) is 0 Å². The summed E-state index contributed by atoms with van der Waals surface area (Å²) in [6.45, 7) is 4.27. The van der Waals surface area contributed by atoms with Gasteiger partial charge in [-0.15, -0.1) is 5.10 Å². The molecule has 0 spiro atoms. The van der Waals surface area contributed by atoms with Gasteiger partial charge >= 0.3 is 0 Å². The van der Waals surface area contributed by atoms with Crippen LogP contribution in [-0.2, 0) is 4.79 Å². The minimum Gasteiger partial charge on any atom is -0.493 e. The fraction of sp³-hybridized carbons (Fsp3) is 0.192. The predicted molar refractivity (Wildman–Crippen MR) is 131 cm³/mol. The van der Waals surface area contributed by atoms with Gasteiger partial charge in [0.25, 0.3) is 5.91 Å². The van der Waals surface area contributed by atoms with E-state index in [1.807, 2.05) is 62.4 Å². The number of amides is 1. The van der Waals surface area contributed by atoms with E-state index in [0.29, 0.717) is 52.6 Å². The van der Waals surface area contributed by atoms with Crippen molar-refractivity contribution in [2.45, 2.75) is 19.9 Å². The van der Waals surface area contributed by atoms with E-state index >= 15 is 0 Å². The maximum Gasteiger partial charge on any atom is 0.255 e. The third-order valence-electron chi connectivity index (χ3n) is 5.67. The van der Waals surface area contributed by atoms with Crippen LogP contribution in [0.5, 0.6) is 11.5 Å².